The molecular weight excluding hydrogens is 264 g/mol. The highest BCUT2D eigenvalue weighted by atomic mass is 32.2. The molecule has 0 spiro atoms. The van der Waals surface area contributed by atoms with Crippen LogP contribution in [0.1, 0.15) is 5.69 Å². The smallest absolute Gasteiger partial charge is 0.271 e. The van der Waals surface area contributed by atoms with Gasteiger partial charge < -0.3 is 0 Å². The predicted octanol–water partition coefficient (Wildman–Crippen LogP) is 1.40. The fourth-order valence-electron chi connectivity index (χ4n) is 1.48. The molecular formula is C12H16N4O2S. The van der Waals surface area contributed by atoms with Crippen molar-refractivity contribution >= 4 is 15.9 Å². The van der Waals surface area contributed by atoms with Crippen molar-refractivity contribution < 1.29 is 8.42 Å². The Kier molecular flexibility index (Phi) is 3.59. The second-order valence-corrected chi connectivity index (χ2v) is 6.22. The van der Waals surface area contributed by atoms with E-state index in [-0.39, 0.29) is 0 Å². The van der Waals surface area contributed by atoms with Gasteiger partial charge in [0.25, 0.3) is 0 Å². The minimum Gasteiger partial charge on any atom is -0.271 e. The quantitative estimate of drug-likeness (QED) is 0.920. The van der Waals surface area contributed by atoms with E-state index in [1.165, 1.54) is 14.1 Å². The van der Waals surface area contributed by atoms with Crippen molar-refractivity contribution in [1.82, 2.24) is 14.1 Å². The van der Waals surface area contributed by atoms with Crippen LogP contribution in [0.5, 0.6) is 0 Å². The van der Waals surface area contributed by atoms with Gasteiger partial charge in [0.15, 0.2) is 0 Å². The SMILES string of the molecule is Cc1ccn(-c2ccc(NS(=O)(=O)N(C)C)cc2)n1. The summed E-state index contributed by atoms with van der Waals surface area (Å²) in [5.41, 5.74) is 2.32. The highest BCUT2D eigenvalue weighted by Crippen LogP contribution is 2.14. The van der Waals surface area contributed by atoms with Crippen molar-refractivity contribution in [1.29, 1.82) is 0 Å². The number of nitrogens with one attached hydrogen (secondary N) is 1. The van der Waals surface area contributed by atoms with Crippen LogP contribution in [0.25, 0.3) is 5.69 Å². The van der Waals surface area contributed by atoms with Gasteiger partial charge in [-0.15, -0.1) is 0 Å². The first-order valence-corrected chi connectivity index (χ1v) is 7.15. The third kappa shape index (κ3) is 3.12. The highest BCUT2D eigenvalue weighted by molar-refractivity contribution is 7.90. The van der Waals surface area contributed by atoms with Crippen LogP contribution in [0.4, 0.5) is 5.69 Å². The Morgan fingerprint density at radius 1 is 1.16 bits per heavy atom. The molecule has 1 aromatic carbocycles. The normalized spacial score (nSPS) is 11.8. The van der Waals surface area contributed by atoms with Gasteiger partial charge in [-0.1, -0.05) is 0 Å². The van der Waals surface area contributed by atoms with Crippen molar-refractivity contribution in [2.75, 3.05) is 18.8 Å². The second-order valence-electron chi connectivity index (χ2n) is 4.34. The first-order valence-electron chi connectivity index (χ1n) is 5.71. The molecule has 0 aliphatic heterocycles. The van der Waals surface area contributed by atoms with Gasteiger partial charge >= 0.3 is 10.2 Å². The molecule has 0 saturated heterocycles. The Hall–Kier alpha value is -1.86. The molecule has 0 aliphatic carbocycles. The van der Waals surface area contributed by atoms with Crippen LogP contribution in [0, 0.1) is 6.92 Å². The van der Waals surface area contributed by atoms with E-state index in [0.29, 0.717) is 5.69 Å². The summed E-state index contributed by atoms with van der Waals surface area (Å²) in [6.45, 7) is 1.91. The van der Waals surface area contributed by atoms with Crippen LogP contribution < -0.4 is 4.72 Å². The van der Waals surface area contributed by atoms with Crippen molar-refractivity contribution in [2.45, 2.75) is 6.92 Å². The van der Waals surface area contributed by atoms with Crippen LogP contribution >= 0.6 is 0 Å². The van der Waals surface area contributed by atoms with E-state index < -0.39 is 10.2 Å². The van der Waals surface area contributed by atoms with Crippen molar-refractivity contribution in [2.24, 2.45) is 0 Å². The average molecular weight is 280 g/mol. The maximum Gasteiger partial charge on any atom is 0.301 e. The van der Waals surface area contributed by atoms with Crippen LogP contribution in [-0.2, 0) is 10.2 Å². The summed E-state index contributed by atoms with van der Waals surface area (Å²) in [6.07, 6.45) is 1.86. The molecule has 0 radical (unpaired) electrons. The molecule has 0 amide bonds. The third-order valence-corrected chi connectivity index (χ3v) is 4.04. The topological polar surface area (TPSA) is 67.2 Å². The van der Waals surface area contributed by atoms with E-state index in [1.54, 1.807) is 28.9 Å². The largest absolute Gasteiger partial charge is 0.301 e. The lowest BCUT2D eigenvalue weighted by Crippen LogP contribution is -2.28. The molecule has 102 valence electrons. The van der Waals surface area contributed by atoms with Gasteiger partial charge in [0.2, 0.25) is 0 Å². The monoisotopic (exact) mass is 280 g/mol. The summed E-state index contributed by atoms with van der Waals surface area (Å²) in [7, 11) is -0.513. The fraction of sp³-hybridized carbons (Fsp3) is 0.250. The van der Waals surface area contributed by atoms with Crippen molar-refractivity contribution in [3.05, 3.63) is 42.2 Å². The van der Waals surface area contributed by atoms with Gasteiger partial charge in [-0.05, 0) is 37.3 Å². The molecule has 7 heteroatoms. The van der Waals surface area contributed by atoms with Gasteiger partial charge in [-0.3, -0.25) is 4.72 Å². The zero-order valence-electron chi connectivity index (χ0n) is 11.0. The molecule has 6 nitrogen and oxygen atoms in total. The molecule has 2 aromatic rings. The van der Waals surface area contributed by atoms with E-state index in [0.717, 1.165) is 15.7 Å². The Balaban J connectivity index is 2.20. The summed E-state index contributed by atoms with van der Waals surface area (Å²) in [5.74, 6) is 0. The van der Waals surface area contributed by atoms with E-state index in [1.807, 2.05) is 19.2 Å². The van der Waals surface area contributed by atoms with Gasteiger partial charge in [-0.2, -0.15) is 17.8 Å². The fourth-order valence-corrected chi connectivity index (χ4v) is 2.10. The minimum atomic E-state index is -3.46. The van der Waals surface area contributed by atoms with Crippen molar-refractivity contribution in [3.63, 3.8) is 0 Å². The molecule has 0 fully saturated rings. The van der Waals surface area contributed by atoms with Crippen molar-refractivity contribution in [3.8, 4) is 5.69 Å². The molecule has 0 unspecified atom stereocenters. The molecule has 1 heterocycles. The molecule has 19 heavy (non-hydrogen) atoms. The number of rotatable bonds is 4. The van der Waals surface area contributed by atoms with Crippen LogP contribution in [0.2, 0.25) is 0 Å². The van der Waals surface area contributed by atoms with E-state index >= 15 is 0 Å². The standard InChI is InChI=1S/C12H16N4O2S/c1-10-8-9-16(13-10)12-6-4-11(5-7-12)14-19(17,18)15(2)3/h4-9,14H,1-3H3. The summed E-state index contributed by atoms with van der Waals surface area (Å²) < 4.78 is 28.6. The van der Waals surface area contributed by atoms with Gasteiger partial charge in [0, 0.05) is 26.0 Å². The Labute approximate surface area is 112 Å². The average Bonchev–Trinajstić information content (AvgIpc) is 2.76. The Bertz CT molecular complexity index is 659. The highest BCUT2D eigenvalue weighted by Gasteiger charge is 2.12. The minimum absolute atomic E-state index is 0.515. The number of hydrogen-bond donors (Lipinski definition) is 1. The van der Waals surface area contributed by atoms with Crippen LogP contribution in [-0.4, -0.2) is 36.6 Å². The number of anilines is 1. The number of aryl methyl sites for hydroxylation is 1. The molecule has 1 aromatic heterocycles. The Morgan fingerprint density at radius 3 is 2.26 bits per heavy atom. The summed E-state index contributed by atoms with van der Waals surface area (Å²) in [4.78, 5) is 0. The van der Waals surface area contributed by atoms with Gasteiger partial charge in [0.1, 0.15) is 0 Å². The lowest BCUT2D eigenvalue weighted by Gasteiger charge is -2.13. The predicted molar refractivity (Wildman–Crippen MR) is 74.5 cm³/mol. The number of nitrogens with zero attached hydrogens (tertiary/aromatic N) is 3. The molecule has 0 atom stereocenters. The van der Waals surface area contributed by atoms with E-state index in [2.05, 4.69) is 9.82 Å². The van der Waals surface area contributed by atoms with E-state index in [9.17, 15) is 8.42 Å². The lowest BCUT2D eigenvalue weighted by molar-refractivity contribution is 0.527. The van der Waals surface area contributed by atoms with Crippen LogP contribution in [0.15, 0.2) is 36.5 Å². The zero-order chi connectivity index (χ0) is 14.0. The van der Waals surface area contributed by atoms with E-state index in [4.69, 9.17) is 0 Å². The maximum absolute atomic E-state index is 11.7. The van der Waals surface area contributed by atoms with Gasteiger partial charge in [-0.25, -0.2) is 4.68 Å². The number of benzene rings is 1. The Morgan fingerprint density at radius 2 is 1.79 bits per heavy atom. The molecule has 0 saturated carbocycles. The third-order valence-electron chi connectivity index (χ3n) is 2.58. The second kappa shape index (κ2) is 5.02. The van der Waals surface area contributed by atoms with Crippen LogP contribution in [0.3, 0.4) is 0 Å². The molecule has 0 aliphatic rings. The first kappa shape index (κ1) is 13.6. The molecule has 1 N–H and O–H groups in total. The van der Waals surface area contributed by atoms with Gasteiger partial charge in [0.05, 0.1) is 11.4 Å². The first-order chi connectivity index (χ1) is 8.88. The maximum atomic E-state index is 11.7. The summed E-state index contributed by atoms with van der Waals surface area (Å²) >= 11 is 0. The number of aromatic nitrogens is 2. The molecule has 2 rings (SSSR count). The summed E-state index contributed by atoms with van der Waals surface area (Å²) in [6, 6.07) is 8.92. The number of hydrogen-bond acceptors (Lipinski definition) is 3. The molecule has 0 bridgehead atoms. The lowest BCUT2D eigenvalue weighted by atomic mass is 10.3. The summed E-state index contributed by atoms with van der Waals surface area (Å²) in [5, 5.41) is 4.28. The zero-order valence-corrected chi connectivity index (χ0v) is 11.8.